The number of esters is 1. The van der Waals surface area contributed by atoms with Gasteiger partial charge in [-0.3, -0.25) is 0 Å². The first-order valence-electron chi connectivity index (χ1n) is 9.44. The number of hydrogen-bond acceptors (Lipinski definition) is 6. The van der Waals surface area contributed by atoms with Gasteiger partial charge in [0.2, 0.25) is 0 Å². The maximum atomic E-state index is 11.4. The van der Waals surface area contributed by atoms with Gasteiger partial charge in [0.05, 0.1) is 20.3 Å². The van der Waals surface area contributed by atoms with Crippen LogP contribution in [0.25, 0.3) is 6.08 Å². The smallest absolute Gasteiger partial charge is 0.335 e. The van der Waals surface area contributed by atoms with Crippen molar-refractivity contribution in [2.75, 3.05) is 20.3 Å². The fourth-order valence-corrected chi connectivity index (χ4v) is 2.28. The average Bonchev–Trinajstić information content (AvgIpc) is 2.65. The van der Waals surface area contributed by atoms with Crippen LogP contribution < -0.4 is 9.47 Å². The van der Waals surface area contributed by atoms with Gasteiger partial charge in [-0.05, 0) is 58.2 Å². The van der Waals surface area contributed by atoms with Gasteiger partial charge in [-0.1, -0.05) is 24.8 Å². The van der Waals surface area contributed by atoms with Crippen molar-refractivity contribution in [1.29, 1.82) is 0 Å². The summed E-state index contributed by atoms with van der Waals surface area (Å²) in [5.41, 5.74) is 1.40. The van der Waals surface area contributed by atoms with Crippen molar-refractivity contribution in [2.24, 2.45) is 0 Å². The van der Waals surface area contributed by atoms with Crippen LogP contribution in [0, 0.1) is 0 Å². The first kappa shape index (κ1) is 23.7. The first-order chi connectivity index (χ1) is 13.4. The zero-order valence-corrected chi connectivity index (χ0v) is 17.5. The summed E-state index contributed by atoms with van der Waals surface area (Å²) in [6, 6.07) is 5.75. The Balaban J connectivity index is 2.26. The minimum absolute atomic E-state index is 0.353. The second kappa shape index (κ2) is 13.0. The third kappa shape index (κ3) is 9.06. The van der Waals surface area contributed by atoms with E-state index in [2.05, 4.69) is 6.58 Å². The van der Waals surface area contributed by atoms with E-state index < -0.39 is 18.5 Å². The molecule has 156 valence electrons. The molecule has 28 heavy (non-hydrogen) atoms. The highest BCUT2D eigenvalue weighted by molar-refractivity contribution is 5.86. The number of methoxy groups -OCH3 is 1. The molecule has 0 aliphatic heterocycles. The first-order valence-corrected chi connectivity index (χ1v) is 9.44. The fraction of sp³-hybridized carbons (Fsp3) is 0.500. The molecule has 1 aromatic carbocycles. The molecule has 6 heteroatoms. The molecule has 1 aromatic rings. The third-order valence-electron chi connectivity index (χ3n) is 3.70. The fourth-order valence-electron chi connectivity index (χ4n) is 2.28. The van der Waals surface area contributed by atoms with Gasteiger partial charge < -0.3 is 23.7 Å². The molecule has 6 nitrogen and oxygen atoms in total. The number of hydrogen-bond donors (Lipinski definition) is 0. The zero-order valence-electron chi connectivity index (χ0n) is 17.5. The molecule has 0 bridgehead atoms. The number of allylic oxidation sites excluding steroid dienone is 1. The Morgan fingerprint density at radius 1 is 1.11 bits per heavy atom. The largest absolute Gasteiger partial charge is 0.493 e. The van der Waals surface area contributed by atoms with Gasteiger partial charge in [-0.25, -0.2) is 4.79 Å². The Bertz CT molecular complexity index is 652. The van der Waals surface area contributed by atoms with Gasteiger partial charge in [-0.2, -0.15) is 0 Å². The Kier molecular flexibility index (Phi) is 11.0. The molecule has 0 saturated heterocycles. The minimum Gasteiger partial charge on any atom is -0.493 e. The summed E-state index contributed by atoms with van der Waals surface area (Å²) in [7, 11) is 1.61. The van der Waals surface area contributed by atoms with E-state index in [4.69, 9.17) is 23.7 Å². The van der Waals surface area contributed by atoms with Crippen LogP contribution in [0.4, 0.5) is 0 Å². The molecule has 0 saturated carbocycles. The molecule has 0 aliphatic carbocycles. The quantitative estimate of drug-likeness (QED) is 0.209. The molecule has 2 unspecified atom stereocenters. The van der Waals surface area contributed by atoms with Gasteiger partial charge in [-0.15, -0.1) is 0 Å². The number of benzene rings is 1. The molecule has 2 atom stereocenters. The summed E-state index contributed by atoms with van der Waals surface area (Å²) in [4.78, 5) is 11.4. The van der Waals surface area contributed by atoms with E-state index in [0.29, 0.717) is 30.3 Å². The predicted molar refractivity (Wildman–Crippen MR) is 109 cm³/mol. The van der Waals surface area contributed by atoms with E-state index >= 15 is 0 Å². The van der Waals surface area contributed by atoms with Crippen LogP contribution in [-0.2, 0) is 19.0 Å². The molecular formula is C22H32O6. The summed E-state index contributed by atoms with van der Waals surface area (Å²) < 4.78 is 27.4. The van der Waals surface area contributed by atoms with Crippen molar-refractivity contribution in [2.45, 2.75) is 53.1 Å². The Hall–Kier alpha value is -2.31. The van der Waals surface area contributed by atoms with Crippen LogP contribution in [0.3, 0.4) is 0 Å². The number of ether oxygens (including phenoxy) is 5. The lowest BCUT2D eigenvalue weighted by molar-refractivity contribution is -0.170. The van der Waals surface area contributed by atoms with Crippen LogP contribution in [0.2, 0.25) is 0 Å². The summed E-state index contributed by atoms with van der Waals surface area (Å²) in [5, 5.41) is 0. The summed E-state index contributed by atoms with van der Waals surface area (Å²) in [6.45, 7) is 11.6. The van der Waals surface area contributed by atoms with E-state index in [1.165, 1.54) is 0 Å². The van der Waals surface area contributed by atoms with E-state index in [-0.39, 0.29) is 0 Å². The number of carbonyl (C=O) groups excluding carboxylic acids is 1. The Morgan fingerprint density at radius 3 is 2.32 bits per heavy atom. The normalized spacial score (nSPS) is 13.2. The summed E-state index contributed by atoms with van der Waals surface area (Å²) in [6.07, 6.45) is 4.54. The Labute approximate surface area is 168 Å². The molecular weight excluding hydrogens is 360 g/mol. The van der Waals surface area contributed by atoms with Gasteiger partial charge in [0.1, 0.15) is 0 Å². The van der Waals surface area contributed by atoms with E-state index in [0.717, 1.165) is 18.4 Å². The monoisotopic (exact) mass is 392 g/mol. The molecule has 0 fully saturated rings. The number of rotatable bonds is 13. The average molecular weight is 392 g/mol. The molecule has 0 amide bonds. The van der Waals surface area contributed by atoms with Crippen molar-refractivity contribution in [3.63, 3.8) is 0 Å². The minimum atomic E-state index is -0.592. The Morgan fingerprint density at radius 2 is 1.75 bits per heavy atom. The highest BCUT2D eigenvalue weighted by Gasteiger charge is 2.11. The van der Waals surface area contributed by atoms with E-state index in [1.807, 2.05) is 44.2 Å². The zero-order chi connectivity index (χ0) is 20.9. The second-order valence-electron chi connectivity index (χ2n) is 6.30. The lowest BCUT2D eigenvalue weighted by Gasteiger charge is -2.18. The van der Waals surface area contributed by atoms with Gasteiger partial charge in [0, 0.05) is 5.57 Å². The molecule has 0 aromatic heterocycles. The molecule has 0 aliphatic rings. The van der Waals surface area contributed by atoms with Gasteiger partial charge in [0.25, 0.3) is 0 Å². The molecule has 0 spiro atoms. The van der Waals surface area contributed by atoms with Crippen molar-refractivity contribution < 1.29 is 28.5 Å². The SMILES string of the molecule is C=C(C)C(=O)OC(C)OCCCCOC(C)Oc1ccc(/C=C/C)cc1OC. The summed E-state index contributed by atoms with van der Waals surface area (Å²) in [5.74, 6) is 0.855. The number of carbonyl (C=O) groups is 1. The van der Waals surface area contributed by atoms with Crippen LogP contribution in [0.5, 0.6) is 11.5 Å². The highest BCUT2D eigenvalue weighted by atomic mass is 16.7. The van der Waals surface area contributed by atoms with Crippen LogP contribution >= 0.6 is 0 Å². The standard InChI is InChI=1S/C22H32O6/c1-7-10-19-11-12-20(21(15-19)24-6)27-17(4)25-13-8-9-14-26-18(5)28-22(23)16(2)3/h7,10-12,15,17-18H,2,8-9,13-14H2,1,3-6H3/b10-7+. The van der Waals surface area contributed by atoms with Crippen LogP contribution in [0.15, 0.2) is 36.4 Å². The third-order valence-corrected chi connectivity index (χ3v) is 3.70. The van der Waals surface area contributed by atoms with Crippen molar-refractivity contribution in [1.82, 2.24) is 0 Å². The van der Waals surface area contributed by atoms with E-state index in [1.54, 1.807) is 21.0 Å². The summed E-state index contributed by atoms with van der Waals surface area (Å²) >= 11 is 0. The topological polar surface area (TPSA) is 63.2 Å². The lowest BCUT2D eigenvalue weighted by atomic mass is 10.2. The lowest BCUT2D eigenvalue weighted by Crippen LogP contribution is -2.20. The highest BCUT2D eigenvalue weighted by Crippen LogP contribution is 2.29. The van der Waals surface area contributed by atoms with Crippen molar-refractivity contribution in [3.05, 3.63) is 42.0 Å². The molecule has 0 N–H and O–H groups in total. The maximum absolute atomic E-state index is 11.4. The second-order valence-corrected chi connectivity index (χ2v) is 6.30. The number of unbranched alkanes of at least 4 members (excludes halogenated alkanes) is 1. The van der Waals surface area contributed by atoms with Gasteiger partial charge in [0.15, 0.2) is 24.1 Å². The van der Waals surface area contributed by atoms with Crippen LogP contribution in [-0.4, -0.2) is 38.9 Å². The molecule has 0 heterocycles. The predicted octanol–water partition coefficient (Wildman–Crippen LogP) is 4.73. The van der Waals surface area contributed by atoms with E-state index in [9.17, 15) is 4.79 Å². The van der Waals surface area contributed by atoms with Gasteiger partial charge >= 0.3 is 5.97 Å². The molecule has 1 rings (SSSR count). The maximum Gasteiger partial charge on any atom is 0.335 e. The van der Waals surface area contributed by atoms with Crippen LogP contribution in [0.1, 0.15) is 46.1 Å². The van der Waals surface area contributed by atoms with Crippen molar-refractivity contribution >= 4 is 12.0 Å². The molecule has 0 radical (unpaired) electrons. The van der Waals surface area contributed by atoms with Crippen molar-refractivity contribution in [3.8, 4) is 11.5 Å².